The van der Waals surface area contributed by atoms with Crippen LogP contribution in [0.4, 0.5) is 0 Å². The van der Waals surface area contributed by atoms with Gasteiger partial charge in [0.2, 0.25) is 10.6 Å². The predicted molar refractivity (Wildman–Crippen MR) is 74.5 cm³/mol. The molecular formula is C11H26N6O4. The Labute approximate surface area is 125 Å². The van der Waals surface area contributed by atoms with Gasteiger partial charge >= 0.3 is 0 Å². The fourth-order valence-electron chi connectivity index (χ4n) is 1.40. The maximum absolute atomic E-state index is 11.4. The van der Waals surface area contributed by atoms with Crippen LogP contribution >= 0.6 is 0 Å². The Morgan fingerprint density at radius 2 is 1.10 bits per heavy atom. The second-order valence-corrected chi connectivity index (χ2v) is 3.97. The van der Waals surface area contributed by atoms with Gasteiger partial charge < -0.3 is 20.1 Å². The highest BCUT2D eigenvalue weighted by Gasteiger charge is 2.07. The predicted octanol–water partition coefficient (Wildman–Crippen LogP) is 1.68. The number of nitrogens with zero attached hydrogens (tertiary/aromatic N) is 6. The van der Waals surface area contributed by atoms with E-state index in [2.05, 4.69) is 10.6 Å². The molecule has 0 aliphatic heterocycles. The zero-order valence-corrected chi connectivity index (χ0v) is 13.3. The number of hydrazine groups is 2. The van der Waals surface area contributed by atoms with Crippen LogP contribution in [0.2, 0.25) is 0 Å². The second kappa shape index (κ2) is 11.8. The highest BCUT2D eigenvalue weighted by molar-refractivity contribution is 4.31. The SMILES string of the molecule is CCN(CC)/[N+]([O-])=N\OCCCO/N=[N+](/[O-])N(CC)CC. The first-order valence-corrected chi connectivity index (χ1v) is 7.20. The maximum Gasteiger partial charge on any atom is 0.233 e. The molecule has 0 saturated heterocycles. The molecule has 0 amide bonds. The molecule has 10 heteroatoms. The van der Waals surface area contributed by atoms with Crippen molar-refractivity contribution in [3.8, 4) is 0 Å². The Kier molecular flexibility index (Phi) is 10.7. The van der Waals surface area contributed by atoms with Gasteiger partial charge in [0, 0.05) is 6.42 Å². The molecule has 0 spiro atoms. The summed E-state index contributed by atoms with van der Waals surface area (Å²) in [7, 11) is 0. The van der Waals surface area contributed by atoms with E-state index in [4.69, 9.17) is 9.68 Å². The van der Waals surface area contributed by atoms with Crippen LogP contribution in [-0.4, -0.2) is 59.3 Å². The van der Waals surface area contributed by atoms with Gasteiger partial charge in [-0.2, -0.15) is 0 Å². The molecule has 0 radical (unpaired) electrons. The molecule has 21 heavy (non-hydrogen) atoms. The van der Waals surface area contributed by atoms with Crippen molar-refractivity contribution >= 4 is 0 Å². The molecule has 0 atom stereocenters. The van der Waals surface area contributed by atoms with Crippen molar-refractivity contribution in [1.82, 2.24) is 10.0 Å². The van der Waals surface area contributed by atoms with Crippen LogP contribution < -0.4 is 0 Å². The topological polar surface area (TPSA) is 102 Å². The largest absolute Gasteiger partial charge is 0.569 e. The van der Waals surface area contributed by atoms with E-state index < -0.39 is 0 Å². The first-order valence-electron chi connectivity index (χ1n) is 7.20. The highest BCUT2D eigenvalue weighted by Crippen LogP contribution is 1.94. The Bertz CT molecular complexity index is 288. The molecule has 10 nitrogen and oxygen atoms in total. The van der Waals surface area contributed by atoms with Gasteiger partial charge in [-0.1, -0.05) is 0 Å². The Balaban J connectivity index is 3.82. The quantitative estimate of drug-likeness (QED) is 0.235. The third-order valence-corrected chi connectivity index (χ3v) is 2.67. The van der Waals surface area contributed by atoms with Crippen LogP contribution in [0.5, 0.6) is 0 Å². The Morgan fingerprint density at radius 3 is 1.38 bits per heavy atom. The lowest BCUT2D eigenvalue weighted by Gasteiger charge is -2.13. The fraction of sp³-hybridized carbons (Fsp3) is 1.00. The van der Waals surface area contributed by atoms with Gasteiger partial charge in [-0.15, -0.1) is 10.0 Å². The molecule has 0 rings (SSSR count). The first-order chi connectivity index (χ1) is 10.1. The second-order valence-electron chi connectivity index (χ2n) is 3.97. The highest BCUT2D eigenvalue weighted by atomic mass is 16.7. The zero-order valence-electron chi connectivity index (χ0n) is 13.3. The van der Waals surface area contributed by atoms with Gasteiger partial charge in [0.05, 0.1) is 36.1 Å². The summed E-state index contributed by atoms with van der Waals surface area (Å²) in [6.45, 7) is 10.0. The maximum atomic E-state index is 11.4. The lowest BCUT2D eigenvalue weighted by Crippen LogP contribution is -2.30. The van der Waals surface area contributed by atoms with Crippen molar-refractivity contribution in [3.63, 3.8) is 0 Å². The fourth-order valence-corrected chi connectivity index (χ4v) is 1.40. The van der Waals surface area contributed by atoms with Gasteiger partial charge in [0.15, 0.2) is 0 Å². The van der Waals surface area contributed by atoms with Crippen LogP contribution in [0.25, 0.3) is 0 Å². The molecule has 0 saturated carbocycles. The van der Waals surface area contributed by atoms with Crippen LogP contribution in [-0.2, 0) is 9.68 Å². The monoisotopic (exact) mass is 306 g/mol. The summed E-state index contributed by atoms with van der Waals surface area (Å²) < 4.78 is 0. The van der Waals surface area contributed by atoms with Crippen molar-refractivity contribution in [2.24, 2.45) is 10.6 Å². The average Bonchev–Trinajstić information content (AvgIpc) is 2.48. The third kappa shape index (κ3) is 8.00. The lowest BCUT2D eigenvalue weighted by molar-refractivity contribution is -0.710. The van der Waals surface area contributed by atoms with Crippen LogP contribution in [0.1, 0.15) is 34.1 Å². The van der Waals surface area contributed by atoms with Gasteiger partial charge in [-0.05, 0) is 27.7 Å². The average molecular weight is 306 g/mol. The van der Waals surface area contributed by atoms with E-state index in [0.29, 0.717) is 42.5 Å². The number of rotatable bonds is 12. The molecule has 0 fully saturated rings. The molecule has 0 aromatic carbocycles. The van der Waals surface area contributed by atoms with E-state index >= 15 is 0 Å². The van der Waals surface area contributed by atoms with Crippen molar-refractivity contribution < 1.29 is 19.6 Å². The van der Waals surface area contributed by atoms with Crippen LogP contribution in [0, 0.1) is 10.4 Å². The van der Waals surface area contributed by atoms with E-state index in [-0.39, 0.29) is 13.2 Å². The van der Waals surface area contributed by atoms with E-state index in [0.717, 1.165) is 0 Å². The smallest absolute Gasteiger partial charge is 0.233 e. The number of hydrogen-bond donors (Lipinski definition) is 0. The third-order valence-electron chi connectivity index (χ3n) is 2.67. The summed E-state index contributed by atoms with van der Waals surface area (Å²) >= 11 is 0. The van der Waals surface area contributed by atoms with Gasteiger partial charge in [0.25, 0.3) is 0 Å². The van der Waals surface area contributed by atoms with Crippen molar-refractivity contribution in [2.75, 3.05) is 39.4 Å². The van der Waals surface area contributed by atoms with Gasteiger partial charge in [-0.3, -0.25) is 0 Å². The Hall–Kier alpha value is -2.00. The van der Waals surface area contributed by atoms with E-state index in [1.54, 1.807) is 0 Å². The molecule has 0 bridgehead atoms. The standard InChI is InChI=1S/C11H26N6O4/c1-5-14(6-2)16(18)12-20-10-9-11-21-13-17(19)15(7-3)8-4/h5-11H2,1-4H3/b16-12+,17-13+. The molecule has 0 aliphatic carbocycles. The van der Waals surface area contributed by atoms with Crippen molar-refractivity contribution in [3.05, 3.63) is 10.4 Å². The normalized spacial score (nSPS) is 12.2. The first kappa shape index (κ1) is 19.0. The van der Waals surface area contributed by atoms with Gasteiger partial charge in [-0.25, -0.2) is 0 Å². The molecule has 0 unspecified atom stereocenters. The van der Waals surface area contributed by atoms with E-state index in [1.807, 2.05) is 27.7 Å². The van der Waals surface area contributed by atoms with Crippen LogP contribution in [0.15, 0.2) is 10.6 Å². The number of hydrogen-bond acceptors (Lipinski definition) is 6. The molecule has 0 heterocycles. The van der Waals surface area contributed by atoms with Crippen molar-refractivity contribution in [2.45, 2.75) is 34.1 Å². The molecule has 124 valence electrons. The summed E-state index contributed by atoms with van der Waals surface area (Å²) in [5, 5.41) is 32.5. The minimum Gasteiger partial charge on any atom is -0.569 e. The summed E-state index contributed by atoms with van der Waals surface area (Å²) in [6, 6.07) is 0. The molecule has 0 aromatic heterocycles. The van der Waals surface area contributed by atoms with Crippen LogP contribution in [0.3, 0.4) is 0 Å². The Morgan fingerprint density at radius 1 is 0.762 bits per heavy atom. The van der Waals surface area contributed by atoms with E-state index in [1.165, 1.54) is 10.0 Å². The lowest BCUT2D eigenvalue weighted by atomic mass is 10.5. The minimum atomic E-state index is 0.208. The van der Waals surface area contributed by atoms with Gasteiger partial charge in [0.1, 0.15) is 13.2 Å². The zero-order chi connectivity index (χ0) is 16.1. The minimum absolute atomic E-state index is 0.208. The molecule has 0 aromatic rings. The summed E-state index contributed by atoms with van der Waals surface area (Å²) in [5.74, 6) is 0. The summed E-state index contributed by atoms with van der Waals surface area (Å²) in [6.07, 6.45) is 0.463. The summed E-state index contributed by atoms with van der Waals surface area (Å²) in [4.78, 5) is 10.5. The summed E-state index contributed by atoms with van der Waals surface area (Å²) in [5.41, 5.74) is 0. The molecular weight excluding hydrogens is 280 g/mol. The molecule has 0 N–H and O–H groups in total. The van der Waals surface area contributed by atoms with E-state index in [9.17, 15) is 10.4 Å². The van der Waals surface area contributed by atoms with Crippen molar-refractivity contribution in [1.29, 1.82) is 0 Å². The molecule has 0 aliphatic rings.